The van der Waals surface area contributed by atoms with E-state index in [9.17, 15) is 4.79 Å². The fourth-order valence-electron chi connectivity index (χ4n) is 3.29. The normalized spacial score (nSPS) is 15.0. The van der Waals surface area contributed by atoms with E-state index in [0.29, 0.717) is 24.0 Å². The number of pyridine rings is 1. The van der Waals surface area contributed by atoms with E-state index in [1.807, 2.05) is 41.3 Å². The third kappa shape index (κ3) is 4.20. The van der Waals surface area contributed by atoms with Gasteiger partial charge in [-0.25, -0.2) is 4.98 Å². The molecule has 3 heterocycles. The molecule has 0 bridgehead atoms. The Morgan fingerprint density at radius 3 is 2.70 bits per heavy atom. The zero-order chi connectivity index (χ0) is 18.5. The molecule has 2 N–H and O–H groups in total. The Morgan fingerprint density at radius 1 is 1.15 bits per heavy atom. The van der Waals surface area contributed by atoms with Gasteiger partial charge in [-0.2, -0.15) is 5.10 Å². The Bertz CT molecular complexity index is 872. The lowest BCUT2D eigenvalue weighted by Crippen LogP contribution is -2.44. The Labute approximate surface area is 157 Å². The van der Waals surface area contributed by atoms with Crippen molar-refractivity contribution in [1.82, 2.24) is 30.4 Å². The number of benzene rings is 1. The van der Waals surface area contributed by atoms with Gasteiger partial charge in [-0.3, -0.25) is 14.9 Å². The molecule has 2 aromatic heterocycles. The fourth-order valence-corrected chi connectivity index (χ4v) is 3.29. The molecule has 3 aromatic rings. The molecule has 27 heavy (non-hydrogen) atoms. The number of likely N-dealkylation sites (tertiary alicyclic amines) is 1. The highest BCUT2D eigenvalue weighted by Crippen LogP contribution is 2.15. The summed E-state index contributed by atoms with van der Waals surface area (Å²) in [6.07, 6.45) is 5.15. The number of hydrogen-bond acceptors (Lipinski definition) is 5. The van der Waals surface area contributed by atoms with Crippen molar-refractivity contribution in [2.24, 2.45) is 0 Å². The molecule has 1 aliphatic heterocycles. The van der Waals surface area contributed by atoms with Crippen LogP contribution in [0.4, 0.5) is 0 Å². The summed E-state index contributed by atoms with van der Waals surface area (Å²) in [7, 11) is 0. The van der Waals surface area contributed by atoms with Gasteiger partial charge >= 0.3 is 0 Å². The Hall–Kier alpha value is -3.06. The lowest BCUT2D eigenvalue weighted by Gasteiger charge is -2.32. The molecule has 0 radical (unpaired) electrons. The quantitative estimate of drug-likeness (QED) is 0.727. The molecule has 0 atom stereocenters. The molecule has 0 aliphatic carbocycles. The van der Waals surface area contributed by atoms with Gasteiger partial charge in [0, 0.05) is 37.1 Å². The average molecular weight is 362 g/mol. The van der Waals surface area contributed by atoms with Crippen LogP contribution >= 0.6 is 0 Å². The van der Waals surface area contributed by atoms with Crippen LogP contribution in [0.5, 0.6) is 0 Å². The Morgan fingerprint density at radius 2 is 1.96 bits per heavy atom. The second-order valence-corrected chi connectivity index (χ2v) is 6.66. The summed E-state index contributed by atoms with van der Waals surface area (Å²) in [5.41, 5.74) is 1.65. The highest BCUT2D eigenvalue weighted by atomic mass is 16.2. The highest BCUT2D eigenvalue weighted by Gasteiger charge is 2.23. The van der Waals surface area contributed by atoms with E-state index in [0.717, 1.165) is 37.3 Å². The Balaban J connectivity index is 1.27. The van der Waals surface area contributed by atoms with Crippen LogP contribution in [0.2, 0.25) is 0 Å². The van der Waals surface area contributed by atoms with Crippen LogP contribution in [0.3, 0.4) is 0 Å². The number of nitrogens with zero attached hydrogens (tertiary/aromatic N) is 4. The minimum Gasteiger partial charge on any atom is -0.338 e. The molecule has 0 saturated carbocycles. The topological polar surface area (TPSA) is 86.8 Å². The maximum absolute atomic E-state index is 12.5. The molecule has 1 amide bonds. The van der Waals surface area contributed by atoms with Crippen LogP contribution in [0.15, 0.2) is 54.9 Å². The number of carbonyl (C=O) groups excluding carboxylic acids is 1. The Kier molecular flexibility index (Phi) is 5.20. The number of H-pyrrole nitrogens is 1. The predicted molar refractivity (Wildman–Crippen MR) is 102 cm³/mol. The molecule has 0 unspecified atom stereocenters. The van der Waals surface area contributed by atoms with Crippen molar-refractivity contribution in [3.05, 3.63) is 66.2 Å². The van der Waals surface area contributed by atoms with Crippen molar-refractivity contribution >= 4 is 5.91 Å². The van der Waals surface area contributed by atoms with Gasteiger partial charge < -0.3 is 10.2 Å². The lowest BCUT2D eigenvalue weighted by molar-refractivity contribution is 0.0704. The summed E-state index contributed by atoms with van der Waals surface area (Å²) in [5.74, 6) is 1.59. The summed E-state index contributed by atoms with van der Waals surface area (Å²) in [6.45, 7) is 2.13. The first kappa shape index (κ1) is 17.4. The summed E-state index contributed by atoms with van der Waals surface area (Å²) in [4.78, 5) is 22.9. The van der Waals surface area contributed by atoms with Gasteiger partial charge in [0.1, 0.15) is 5.82 Å². The molecule has 138 valence electrons. The molecule has 7 nitrogen and oxygen atoms in total. The van der Waals surface area contributed by atoms with Crippen LogP contribution in [0, 0.1) is 0 Å². The lowest BCUT2D eigenvalue weighted by atomic mass is 10.0. The maximum Gasteiger partial charge on any atom is 0.255 e. The SMILES string of the molecule is O=C(c1cccnc1)N1CCC(NCc2nc(-c3ccccc3)n[nH]2)CC1. The van der Waals surface area contributed by atoms with E-state index >= 15 is 0 Å². The number of hydrogen-bond donors (Lipinski definition) is 2. The summed E-state index contributed by atoms with van der Waals surface area (Å²) >= 11 is 0. The first-order chi connectivity index (χ1) is 13.3. The number of rotatable bonds is 5. The van der Waals surface area contributed by atoms with E-state index < -0.39 is 0 Å². The number of amides is 1. The van der Waals surface area contributed by atoms with Crippen LogP contribution in [-0.2, 0) is 6.54 Å². The van der Waals surface area contributed by atoms with Gasteiger partial charge in [0.25, 0.3) is 5.91 Å². The fraction of sp³-hybridized carbons (Fsp3) is 0.300. The zero-order valence-electron chi connectivity index (χ0n) is 15.0. The number of nitrogens with one attached hydrogen (secondary N) is 2. The molecule has 1 aromatic carbocycles. The second-order valence-electron chi connectivity index (χ2n) is 6.66. The summed E-state index contributed by atoms with van der Waals surface area (Å²) < 4.78 is 0. The van der Waals surface area contributed by atoms with Gasteiger partial charge in [0.15, 0.2) is 5.82 Å². The van der Waals surface area contributed by atoms with Gasteiger partial charge in [0.2, 0.25) is 0 Å². The minimum absolute atomic E-state index is 0.0595. The molecule has 1 fully saturated rings. The van der Waals surface area contributed by atoms with Crippen LogP contribution in [0.25, 0.3) is 11.4 Å². The molecular formula is C20H22N6O. The third-order valence-electron chi connectivity index (χ3n) is 4.81. The van der Waals surface area contributed by atoms with Crippen molar-refractivity contribution < 1.29 is 4.79 Å². The maximum atomic E-state index is 12.5. The van der Waals surface area contributed by atoms with Crippen LogP contribution in [0.1, 0.15) is 29.0 Å². The second kappa shape index (κ2) is 8.09. The van der Waals surface area contributed by atoms with Crippen LogP contribution < -0.4 is 5.32 Å². The van der Waals surface area contributed by atoms with Crippen molar-refractivity contribution in [2.75, 3.05) is 13.1 Å². The van der Waals surface area contributed by atoms with Crippen molar-refractivity contribution in [3.63, 3.8) is 0 Å². The van der Waals surface area contributed by atoms with Gasteiger partial charge in [0.05, 0.1) is 12.1 Å². The summed E-state index contributed by atoms with van der Waals surface area (Å²) in [6, 6.07) is 13.9. The van der Waals surface area contributed by atoms with Crippen molar-refractivity contribution in [3.8, 4) is 11.4 Å². The molecule has 0 spiro atoms. The monoisotopic (exact) mass is 362 g/mol. The summed E-state index contributed by atoms with van der Waals surface area (Å²) in [5, 5.41) is 10.8. The number of carbonyl (C=O) groups is 1. The number of aromatic nitrogens is 4. The van der Waals surface area contributed by atoms with Gasteiger partial charge in [-0.15, -0.1) is 0 Å². The first-order valence-corrected chi connectivity index (χ1v) is 9.19. The molecule has 4 rings (SSSR count). The van der Waals surface area contributed by atoms with E-state index in [-0.39, 0.29) is 5.91 Å². The molecule has 1 aliphatic rings. The number of aromatic amines is 1. The minimum atomic E-state index is 0.0595. The molecule has 7 heteroatoms. The molecule has 1 saturated heterocycles. The van der Waals surface area contributed by atoms with Crippen molar-refractivity contribution in [2.45, 2.75) is 25.4 Å². The first-order valence-electron chi connectivity index (χ1n) is 9.19. The van der Waals surface area contributed by atoms with Gasteiger partial charge in [-0.1, -0.05) is 30.3 Å². The van der Waals surface area contributed by atoms with E-state index in [1.54, 1.807) is 18.5 Å². The predicted octanol–water partition coefficient (Wildman–Crippen LogP) is 2.26. The van der Waals surface area contributed by atoms with E-state index in [2.05, 4.69) is 25.5 Å². The molecular weight excluding hydrogens is 340 g/mol. The highest BCUT2D eigenvalue weighted by molar-refractivity contribution is 5.93. The smallest absolute Gasteiger partial charge is 0.255 e. The van der Waals surface area contributed by atoms with E-state index in [4.69, 9.17) is 0 Å². The van der Waals surface area contributed by atoms with Gasteiger partial charge in [-0.05, 0) is 25.0 Å². The number of piperidine rings is 1. The average Bonchev–Trinajstić information content (AvgIpc) is 3.22. The van der Waals surface area contributed by atoms with E-state index in [1.165, 1.54) is 0 Å². The standard InChI is InChI=1S/C20H22N6O/c27-20(16-7-4-10-21-13-16)26-11-8-17(9-12-26)22-14-18-23-19(25-24-18)15-5-2-1-3-6-15/h1-7,10,13,17,22H,8-9,11-12,14H2,(H,23,24,25). The zero-order valence-corrected chi connectivity index (χ0v) is 15.0. The van der Waals surface area contributed by atoms with Crippen molar-refractivity contribution in [1.29, 1.82) is 0 Å². The third-order valence-corrected chi connectivity index (χ3v) is 4.81. The van der Waals surface area contributed by atoms with Crippen LogP contribution in [-0.4, -0.2) is 50.1 Å². The largest absolute Gasteiger partial charge is 0.338 e.